The number of aliphatic imine (C=N–C) groups is 1. The van der Waals surface area contributed by atoms with Crippen LogP contribution in [0, 0.1) is 11.6 Å². The summed E-state index contributed by atoms with van der Waals surface area (Å²) in [6, 6.07) is 8.09. The molecule has 0 saturated carbocycles. The Morgan fingerprint density at radius 1 is 0.981 bits per heavy atom. The first-order valence-corrected chi connectivity index (χ1v) is 17.8. The molecule has 2 fully saturated rings. The number of rotatable bonds is 19. The van der Waals surface area contributed by atoms with E-state index in [0.717, 1.165) is 12.8 Å². The van der Waals surface area contributed by atoms with Gasteiger partial charge in [-0.25, -0.2) is 13.8 Å². The minimum atomic E-state index is -0.610. The van der Waals surface area contributed by atoms with Crippen molar-refractivity contribution < 1.29 is 37.3 Å². The van der Waals surface area contributed by atoms with Gasteiger partial charge in [0.15, 0.2) is 0 Å². The van der Waals surface area contributed by atoms with E-state index in [-0.39, 0.29) is 43.8 Å². The second kappa shape index (κ2) is 20.7. The second-order valence-electron chi connectivity index (χ2n) is 12.7. The van der Waals surface area contributed by atoms with E-state index in [1.165, 1.54) is 18.3 Å². The molecule has 1 aromatic heterocycles. The van der Waals surface area contributed by atoms with Crippen LogP contribution in [0.1, 0.15) is 24.1 Å². The van der Waals surface area contributed by atoms with Crippen LogP contribution in [-0.4, -0.2) is 136 Å². The standard InChI is InChI=1S/C37H48F2N8O6/c38-31-18-26(19-32(39)30(31)23-47-9-12-51-13-10-47)29-2-1-3-33-37(29)45-34(22-44-33)27(20-40)21-43-28-4-7-46(8-5-28)24-36(49)42-6-11-50-14-15-52-16-17-53-25-35(41)48/h1-3,18-22,28H,4-17,23-25,40H2,(H2,41,48)(H,42,49). The average molecular weight is 739 g/mol. The average Bonchev–Trinajstić information content (AvgIpc) is 3.16. The number of carbonyl (C=O) groups is 2. The molecule has 2 aliphatic rings. The Hall–Kier alpha value is -4.45. The van der Waals surface area contributed by atoms with Gasteiger partial charge in [-0.1, -0.05) is 12.1 Å². The van der Waals surface area contributed by atoms with Gasteiger partial charge in [0.2, 0.25) is 11.8 Å². The van der Waals surface area contributed by atoms with Gasteiger partial charge in [0.1, 0.15) is 18.2 Å². The van der Waals surface area contributed by atoms with E-state index in [9.17, 15) is 9.59 Å². The van der Waals surface area contributed by atoms with Gasteiger partial charge in [0.05, 0.1) is 81.8 Å². The number of hydrogen-bond donors (Lipinski definition) is 3. The van der Waals surface area contributed by atoms with Crippen LogP contribution >= 0.6 is 0 Å². The fraction of sp³-hybridized carbons (Fsp3) is 0.486. The molecule has 5 N–H and O–H groups in total. The van der Waals surface area contributed by atoms with Crippen LogP contribution in [0.4, 0.5) is 8.78 Å². The molecule has 5 rings (SSSR count). The molecule has 0 bridgehead atoms. The number of allylic oxidation sites excluding steroid dienone is 1. The van der Waals surface area contributed by atoms with Gasteiger partial charge >= 0.3 is 0 Å². The molecule has 0 unspecified atom stereocenters. The van der Waals surface area contributed by atoms with Crippen LogP contribution in [0.5, 0.6) is 0 Å². The highest BCUT2D eigenvalue weighted by Crippen LogP contribution is 2.30. The first kappa shape index (κ1) is 39.8. The minimum absolute atomic E-state index is 0.0327. The number of nitrogens with one attached hydrogen (secondary N) is 1. The van der Waals surface area contributed by atoms with E-state index in [1.807, 2.05) is 4.90 Å². The van der Waals surface area contributed by atoms with Gasteiger partial charge in [-0.3, -0.25) is 29.4 Å². The molecule has 3 aromatic rings. The van der Waals surface area contributed by atoms with Gasteiger partial charge in [-0.05, 0) is 36.6 Å². The molecule has 2 amide bonds. The third-order valence-corrected chi connectivity index (χ3v) is 8.89. The lowest BCUT2D eigenvalue weighted by Gasteiger charge is -2.29. The first-order chi connectivity index (χ1) is 25.8. The van der Waals surface area contributed by atoms with Crippen molar-refractivity contribution in [1.82, 2.24) is 25.1 Å². The number of carbonyl (C=O) groups excluding carboxylic acids is 2. The summed E-state index contributed by atoms with van der Waals surface area (Å²) in [6.07, 6.45) is 6.25. The monoisotopic (exact) mass is 738 g/mol. The highest BCUT2D eigenvalue weighted by Gasteiger charge is 2.21. The van der Waals surface area contributed by atoms with Crippen LogP contribution in [-0.2, 0) is 35.1 Å². The number of aromatic nitrogens is 2. The Kier molecular flexibility index (Phi) is 15.5. The van der Waals surface area contributed by atoms with E-state index >= 15 is 8.78 Å². The second-order valence-corrected chi connectivity index (χ2v) is 12.7. The number of likely N-dealkylation sites (tertiary alicyclic amines) is 1. The summed E-state index contributed by atoms with van der Waals surface area (Å²) in [5, 5.41) is 2.87. The summed E-state index contributed by atoms with van der Waals surface area (Å²) in [6.45, 7) is 6.22. The summed E-state index contributed by atoms with van der Waals surface area (Å²) in [7, 11) is 0. The van der Waals surface area contributed by atoms with E-state index in [1.54, 1.807) is 30.6 Å². The number of halogens is 2. The van der Waals surface area contributed by atoms with Crippen LogP contribution in [0.25, 0.3) is 27.7 Å². The maximum Gasteiger partial charge on any atom is 0.243 e. The molecule has 286 valence electrons. The summed E-state index contributed by atoms with van der Waals surface area (Å²) in [5.41, 5.74) is 14.1. The predicted molar refractivity (Wildman–Crippen MR) is 196 cm³/mol. The normalized spacial score (nSPS) is 16.5. The maximum absolute atomic E-state index is 15.3. The molecule has 0 atom stereocenters. The van der Waals surface area contributed by atoms with Crippen molar-refractivity contribution in [2.24, 2.45) is 16.5 Å². The molecule has 2 saturated heterocycles. The van der Waals surface area contributed by atoms with Crippen LogP contribution < -0.4 is 16.8 Å². The largest absolute Gasteiger partial charge is 0.404 e. The van der Waals surface area contributed by atoms with Crippen LogP contribution in [0.15, 0.2) is 47.7 Å². The summed E-state index contributed by atoms with van der Waals surface area (Å²) < 4.78 is 51.8. The van der Waals surface area contributed by atoms with E-state index in [2.05, 4.69) is 15.2 Å². The molecule has 53 heavy (non-hydrogen) atoms. The minimum Gasteiger partial charge on any atom is -0.404 e. The lowest BCUT2D eigenvalue weighted by molar-refractivity contribution is -0.123. The Morgan fingerprint density at radius 2 is 1.68 bits per heavy atom. The van der Waals surface area contributed by atoms with Crippen molar-refractivity contribution in [3.8, 4) is 11.1 Å². The number of piperidine rings is 1. The molecular formula is C37H48F2N8O6. The number of para-hydroxylation sites is 1. The Bertz CT molecular complexity index is 1710. The van der Waals surface area contributed by atoms with Crippen molar-refractivity contribution in [3.63, 3.8) is 0 Å². The van der Waals surface area contributed by atoms with E-state index in [0.29, 0.717) is 106 Å². The maximum atomic E-state index is 15.3. The topological polar surface area (TPSA) is 180 Å². The van der Waals surface area contributed by atoms with Crippen LogP contribution in [0.2, 0.25) is 0 Å². The number of nitrogens with zero attached hydrogens (tertiary/aromatic N) is 5. The molecule has 0 spiro atoms. The fourth-order valence-corrected chi connectivity index (χ4v) is 6.04. The Balaban J connectivity index is 1.08. The molecule has 0 aliphatic carbocycles. The summed E-state index contributed by atoms with van der Waals surface area (Å²) in [4.78, 5) is 41.2. The number of primary amides is 1. The molecule has 3 heterocycles. The molecule has 2 aromatic carbocycles. The van der Waals surface area contributed by atoms with Gasteiger partial charge in [0, 0.05) is 68.4 Å². The lowest BCUT2D eigenvalue weighted by atomic mass is 10.0. The number of fused-ring (bicyclic) bond motifs is 1. The van der Waals surface area contributed by atoms with Gasteiger partial charge < -0.3 is 35.7 Å². The zero-order valence-corrected chi connectivity index (χ0v) is 29.8. The number of benzene rings is 2. The van der Waals surface area contributed by atoms with Crippen molar-refractivity contribution in [3.05, 3.63) is 65.6 Å². The third-order valence-electron chi connectivity index (χ3n) is 8.89. The summed E-state index contributed by atoms with van der Waals surface area (Å²) >= 11 is 0. The zero-order chi connectivity index (χ0) is 37.4. The van der Waals surface area contributed by atoms with Crippen molar-refractivity contribution in [1.29, 1.82) is 0 Å². The van der Waals surface area contributed by atoms with Crippen molar-refractivity contribution in [2.45, 2.75) is 25.4 Å². The van der Waals surface area contributed by atoms with Crippen molar-refractivity contribution in [2.75, 3.05) is 92.1 Å². The van der Waals surface area contributed by atoms with Gasteiger partial charge in [-0.15, -0.1) is 0 Å². The molecular weight excluding hydrogens is 690 g/mol. The fourth-order valence-electron chi connectivity index (χ4n) is 6.04. The van der Waals surface area contributed by atoms with Gasteiger partial charge in [-0.2, -0.15) is 0 Å². The third kappa shape index (κ3) is 12.3. The number of hydrogen-bond acceptors (Lipinski definition) is 12. The smallest absolute Gasteiger partial charge is 0.243 e. The number of morpholine rings is 1. The Morgan fingerprint density at radius 3 is 2.38 bits per heavy atom. The SMILES string of the molecule is NC=C(C=NC1CCN(CC(=O)NCCOCCOCCOCC(N)=O)CC1)c1cnc2cccc(-c3cc(F)c(CN4CCOCC4)c(F)c3)c2n1. The number of amides is 2. The Labute approximate surface area is 307 Å². The van der Waals surface area contributed by atoms with Crippen LogP contribution in [0.3, 0.4) is 0 Å². The number of ether oxygens (including phenoxy) is 4. The zero-order valence-electron chi connectivity index (χ0n) is 29.8. The lowest BCUT2D eigenvalue weighted by Crippen LogP contribution is -2.43. The van der Waals surface area contributed by atoms with Gasteiger partial charge in [0.25, 0.3) is 0 Å². The first-order valence-electron chi connectivity index (χ1n) is 17.8. The molecule has 0 radical (unpaired) electrons. The van der Waals surface area contributed by atoms with E-state index in [4.69, 9.17) is 40.4 Å². The number of nitrogens with two attached hydrogens (primary N) is 2. The highest BCUT2D eigenvalue weighted by molar-refractivity contribution is 6.09. The predicted octanol–water partition coefficient (Wildman–Crippen LogP) is 1.89. The quantitative estimate of drug-likeness (QED) is 0.121. The van der Waals surface area contributed by atoms with Crippen molar-refractivity contribution >= 4 is 34.6 Å². The molecule has 16 heteroatoms. The molecule has 2 aliphatic heterocycles. The van der Waals surface area contributed by atoms with E-state index < -0.39 is 17.5 Å². The summed E-state index contributed by atoms with van der Waals surface area (Å²) in [5.74, 6) is -1.82. The highest BCUT2D eigenvalue weighted by atomic mass is 19.1. The molecule has 14 nitrogen and oxygen atoms in total.